The van der Waals surface area contributed by atoms with Crippen molar-refractivity contribution in [2.24, 2.45) is 7.05 Å². The number of amides is 1. The summed E-state index contributed by atoms with van der Waals surface area (Å²) >= 11 is 0. The number of nitrogens with zero attached hydrogens (tertiary/aromatic N) is 5. The highest BCUT2D eigenvalue weighted by molar-refractivity contribution is 6.08. The first kappa shape index (κ1) is 31.6. The molecule has 3 N–H and O–H groups in total. The number of aliphatic hydroxyl groups is 1. The number of para-hydroxylation sites is 1. The third-order valence-electron chi connectivity index (χ3n) is 9.57. The molecule has 242 valence electrons. The van der Waals surface area contributed by atoms with Crippen molar-refractivity contribution in [2.45, 2.75) is 46.5 Å². The molecule has 4 aromatic rings. The minimum absolute atomic E-state index is 0.0690. The molecule has 3 heterocycles. The van der Waals surface area contributed by atoms with Crippen LogP contribution in [0.25, 0.3) is 11.4 Å². The third-order valence-corrected chi connectivity index (χ3v) is 9.57. The maximum Gasteiger partial charge on any atom is 0.257 e. The number of benzene rings is 2. The lowest BCUT2D eigenvalue weighted by molar-refractivity contribution is 0.102. The zero-order valence-electron chi connectivity index (χ0n) is 27.6. The summed E-state index contributed by atoms with van der Waals surface area (Å²) in [4.78, 5) is 28.2. The maximum atomic E-state index is 13.9. The summed E-state index contributed by atoms with van der Waals surface area (Å²) in [6.07, 6.45) is 5.12. The summed E-state index contributed by atoms with van der Waals surface area (Å²) in [5.74, 6) is 1.12. The Labute approximate surface area is 271 Å². The molecule has 0 unspecified atom stereocenters. The number of aliphatic hydroxyl groups excluding tert-OH is 1. The van der Waals surface area contributed by atoms with Gasteiger partial charge in [0.2, 0.25) is 5.95 Å². The van der Waals surface area contributed by atoms with Gasteiger partial charge in [-0.25, -0.2) is 9.97 Å². The molecule has 2 aromatic heterocycles. The number of rotatable bonds is 10. The summed E-state index contributed by atoms with van der Waals surface area (Å²) < 4.78 is 7.89. The number of carbonyl (C=O) groups excluding carboxylic acids is 1. The molecule has 2 aliphatic rings. The second kappa shape index (κ2) is 13.5. The third kappa shape index (κ3) is 5.94. The molecule has 10 nitrogen and oxygen atoms in total. The van der Waals surface area contributed by atoms with Gasteiger partial charge in [-0.15, -0.1) is 0 Å². The van der Waals surface area contributed by atoms with Gasteiger partial charge in [0.05, 0.1) is 36.4 Å². The van der Waals surface area contributed by atoms with Crippen LogP contribution in [0.1, 0.15) is 52.2 Å². The first-order chi connectivity index (χ1) is 22.4. The number of nitrogens with one attached hydrogen (secondary N) is 2. The molecule has 1 amide bonds. The van der Waals surface area contributed by atoms with Crippen molar-refractivity contribution in [2.75, 3.05) is 62.0 Å². The Morgan fingerprint density at radius 1 is 1.04 bits per heavy atom. The van der Waals surface area contributed by atoms with E-state index in [4.69, 9.17) is 9.72 Å². The number of β-amino-alcohol motifs (C(OH)–C–C–N with tert-alkyl or cyclic N) is 1. The van der Waals surface area contributed by atoms with E-state index >= 15 is 0 Å². The van der Waals surface area contributed by atoms with Gasteiger partial charge in [0.15, 0.2) is 0 Å². The monoisotopic (exact) mass is 623 g/mol. The van der Waals surface area contributed by atoms with E-state index in [0.29, 0.717) is 18.2 Å². The number of hydrogen-bond donors (Lipinski definition) is 3. The zero-order chi connectivity index (χ0) is 32.4. The van der Waals surface area contributed by atoms with Crippen LogP contribution in [-0.2, 0) is 32.7 Å². The Bertz CT molecular complexity index is 1720. The summed E-state index contributed by atoms with van der Waals surface area (Å²) in [6.45, 7) is 10.8. The fraction of sp³-hybridized carbons (Fsp3) is 0.417. The standard InChI is InChI=1S/C36H45N7O3/c1-6-24-9-8-10-25(7-2)32(24)39-35(45)31-23(3)41(4)34-28(31)13-11-26-22-37-36(40-33(26)34)38-29-14-12-27(21-30(29)46-5)43-17-15-42(16-18-43)19-20-44/h8-10,12,14,21-22,44H,6-7,11,13,15-20H2,1-5H3,(H,39,45)(H,37,38,40). The van der Waals surface area contributed by atoms with Gasteiger partial charge in [0.25, 0.3) is 5.91 Å². The highest BCUT2D eigenvalue weighted by Crippen LogP contribution is 2.39. The normalized spacial score (nSPS) is 14.5. The van der Waals surface area contributed by atoms with Crippen LogP contribution in [0, 0.1) is 6.92 Å². The minimum Gasteiger partial charge on any atom is -0.494 e. The molecule has 6 rings (SSSR count). The number of carbonyl (C=O) groups is 1. The zero-order valence-corrected chi connectivity index (χ0v) is 27.6. The molecule has 46 heavy (non-hydrogen) atoms. The van der Waals surface area contributed by atoms with Crippen LogP contribution in [0.4, 0.5) is 23.0 Å². The van der Waals surface area contributed by atoms with Crippen LogP contribution in [0.3, 0.4) is 0 Å². The highest BCUT2D eigenvalue weighted by atomic mass is 16.5. The second-order valence-corrected chi connectivity index (χ2v) is 12.1. The van der Waals surface area contributed by atoms with Crippen molar-refractivity contribution >= 4 is 28.9 Å². The van der Waals surface area contributed by atoms with Crippen molar-refractivity contribution in [1.29, 1.82) is 0 Å². The average Bonchev–Trinajstić information content (AvgIpc) is 3.34. The van der Waals surface area contributed by atoms with Gasteiger partial charge in [-0.05, 0) is 67.0 Å². The Morgan fingerprint density at radius 3 is 2.46 bits per heavy atom. The van der Waals surface area contributed by atoms with Crippen molar-refractivity contribution in [1.82, 2.24) is 19.4 Å². The van der Waals surface area contributed by atoms with Crippen molar-refractivity contribution < 1.29 is 14.6 Å². The largest absolute Gasteiger partial charge is 0.494 e. The first-order valence-electron chi connectivity index (χ1n) is 16.4. The lowest BCUT2D eigenvalue weighted by atomic mass is 9.92. The molecule has 1 saturated heterocycles. The molecule has 2 aromatic carbocycles. The topological polar surface area (TPSA) is 108 Å². The van der Waals surface area contributed by atoms with E-state index in [-0.39, 0.29) is 12.5 Å². The average molecular weight is 624 g/mol. The summed E-state index contributed by atoms with van der Waals surface area (Å²) in [7, 11) is 3.68. The number of methoxy groups -OCH3 is 1. The van der Waals surface area contributed by atoms with Crippen molar-refractivity contribution in [3.63, 3.8) is 0 Å². The van der Waals surface area contributed by atoms with Gasteiger partial charge < -0.3 is 29.9 Å². The smallest absolute Gasteiger partial charge is 0.257 e. The van der Waals surface area contributed by atoms with E-state index < -0.39 is 0 Å². The SMILES string of the molecule is CCc1cccc(CC)c1NC(=O)c1c2c(n(C)c1C)-c1nc(Nc3ccc(N4CCN(CCO)CC4)cc3OC)ncc1CC2. The van der Waals surface area contributed by atoms with Gasteiger partial charge in [-0.1, -0.05) is 32.0 Å². The maximum absolute atomic E-state index is 13.9. The fourth-order valence-electron chi connectivity index (χ4n) is 6.89. The lowest BCUT2D eigenvalue weighted by Crippen LogP contribution is -2.47. The van der Waals surface area contributed by atoms with E-state index in [0.717, 1.165) is 114 Å². The van der Waals surface area contributed by atoms with E-state index in [1.807, 2.05) is 32.3 Å². The molecule has 1 aliphatic carbocycles. The van der Waals surface area contributed by atoms with Gasteiger partial charge in [-0.3, -0.25) is 9.69 Å². The summed E-state index contributed by atoms with van der Waals surface area (Å²) in [6, 6.07) is 12.4. The van der Waals surface area contributed by atoms with E-state index in [1.165, 1.54) is 0 Å². The van der Waals surface area contributed by atoms with E-state index in [2.05, 4.69) is 68.1 Å². The van der Waals surface area contributed by atoms with Crippen LogP contribution in [0.2, 0.25) is 0 Å². The van der Waals surface area contributed by atoms with Crippen LogP contribution in [0.15, 0.2) is 42.6 Å². The van der Waals surface area contributed by atoms with E-state index in [1.54, 1.807) is 7.11 Å². The van der Waals surface area contributed by atoms with Crippen LogP contribution in [-0.4, -0.2) is 76.9 Å². The Hall–Kier alpha value is -4.41. The number of fused-ring (bicyclic) bond motifs is 3. The molecule has 0 atom stereocenters. The second-order valence-electron chi connectivity index (χ2n) is 12.1. The number of aromatic nitrogens is 3. The van der Waals surface area contributed by atoms with Crippen molar-refractivity contribution in [3.05, 3.63) is 76.1 Å². The molecule has 1 aliphatic heterocycles. The summed E-state index contributed by atoms with van der Waals surface area (Å²) in [5.41, 5.74) is 10.7. The molecule has 10 heteroatoms. The molecule has 0 radical (unpaired) electrons. The van der Waals surface area contributed by atoms with Crippen LogP contribution >= 0.6 is 0 Å². The fourth-order valence-corrected chi connectivity index (χ4v) is 6.89. The minimum atomic E-state index is -0.0690. The molecule has 1 fully saturated rings. The lowest BCUT2D eigenvalue weighted by Gasteiger charge is -2.36. The number of hydrogen-bond acceptors (Lipinski definition) is 8. The summed E-state index contributed by atoms with van der Waals surface area (Å²) in [5, 5.41) is 15.9. The van der Waals surface area contributed by atoms with Gasteiger partial charge in [0, 0.05) is 69.1 Å². The number of piperazine rings is 1. The Morgan fingerprint density at radius 2 is 1.78 bits per heavy atom. The molecular formula is C36H45N7O3. The van der Waals surface area contributed by atoms with Crippen LogP contribution < -0.4 is 20.3 Å². The quantitative estimate of drug-likeness (QED) is 0.223. The Kier molecular flexibility index (Phi) is 9.28. The molecular weight excluding hydrogens is 578 g/mol. The highest BCUT2D eigenvalue weighted by Gasteiger charge is 2.30. The predicted molar refractivity (Wildman–Crippen MR) is 184 cm³/mol. The van der Waals surface area contributed by atoms with Crippen LogP contribution in [0.5, 0.6) is 5.75 Å². The van der Waals surface area contributed by atoms with Gasteiger partial charge in [0.1, 0.15) is 5.75 Å². The van der Waals surface area contributed by atoms with Crippen molar-refractivity contribution in [3.8, 4) is 17.1 Å². The van der Waals surface area contributed by atoms with E-state index in [9.17, 15) is 9.90 Å². The molecule has 0 spiro atoms. The molecule has 0 saturated carbocycles. The predicted octanol–water partition coefficient (Wildman–Crippen LogP) is 5.13. The number of ether oxygens (including phenoxy) is 1. The van der Waals surface area contributed by atoms with Gasteiger partial charge >= 0.3 is 0 Å². The first-order valence-corrected chi connectivity index (χ1v) is 16.4. The van der Waals surface area contributed by atoms with Gasteiger partial charge in [-0.2, -0.15) is 0 Å². The Balaban J connectivity index is 1.27. The molecule has 0 bridgehead atoms. The number of aryl methyl sites for hydroxylation is 3. The number of anilines is 4.